The molecule has 0 atom stereocenters. The number of amides is 1. The van der Waals surface area contributed by atoms with Crippen LogP contribution in [0.4, 0.5) is 0 Å². The topological polar surface area (TPSA) is 73.4 Å². The van der Waals surface area contributed by atoms with Crippen LogP contribution in [0.2, 0.25) is 0 Å². The standard InChI is InChI=1S/C17H28N2O3/c1-5-14-13(10-8-9-11-15(20)21)12(4)16(18-14)17(22)19(6-2)7-3/h18H,5-11H2,1-4H3,(H,20,21). The lowest BCUT2D eigenvalue weighted by Crippen LogP contribution is -2.31. The van der Waals surface area contributed by atoms with E-state index in [9.17, 15) is 9.59 Å². The Bertz CT molecular complexity index is 516. The normalized spacial score (nSPS) is 10.7. The van der Waals surface area contributed by atoms with Gasteiger partial charge in [0, 0.05) is 25.2 Å². The number of H-pyrrole nitrogens is 1. The van der Waals surface area contributed by atoms with Crippen molar-refractivity contribution in [1.82, 2.24) is 9.88 Å². The quantitative estimate of drug-likeness (QED) is 0.688. The van der Waals surface area contributed by atoms with Crippen molar-refractivity contribution in [1.29, 1.82) is 0 Å². The highest BCUT2D eigenvalue weighted by molar-refractivity contribution is 5.94. The van der Waals surface area contributed by atoms with Gasteiger partial charge in [-0.1, -0.05) is 6.92 Å². The van der Waals surface area contributed by atoms with Crippen molar-refractivity contribution in [2.45, 2.75) is 59.8 Å². The van der Waals surface area contributed by atoms with Gasteiger partial charge in [-0.15, -0.1) is 0 Å². The maximum Gasteiger partial charge on any atom is 0.303 e. The predicted molar refractivity (Wildman–Crippen MR) is 87.4 cm³/mol. The Balaban J connectivity index is 2.90. The highest BCUT2D eigenvalue weighted by atomic mass is 16.4. The largest absolute Gasteiger partial charge is 0.481 e. The van der Waals surface area contributed by atoms with E-state index in [1.807, 2.05) is 25.7 Å². The van der Waals surface area contributed by atoms with Crippen molar-refractivity contribution < 1.29 is 14.7 Å². The molecule has 0 spiro atoms. The first-order valence-electron chi connectivity index (χ1n) is 8.17. The molecular formula is C17H28N2O3. The minimum Gasteiger partial charge on any atom is -0.481 e. The van der Waals surface area contributed by atoms with Crippen LogP contribution in [0.1, 0.15) is 67.3 Å². The number of aliphatic carboxylic acids is 1. The zero-order valence-corrected chi connectivity index (χ0v) is 14.2. The highest BCUT2D eigenvalue weighted by Gasteiger charge is 2.21. The van der Waals surface area contributed by atoms with Crippen LogP contribution in [0.15, 0.2) is 0 Å². The van der Waals surface area contributed by atoms with Gasteiger partial charge in [-0.25, -0.2) is 0 Å². The zero-order valence-electron chi connectivity index (χ0n) is 14.2. The lowest BCUT2D eigenvalue weighted by molar-refractivity contribution is -0.137. The van der Waals surface area contributed by atoms with Crippen molar-refractivity contribution in [3.63, 3.8) is 0 Å². The van der Waals surface area contributed by atoms with E-state index in [-0.39, 0.29) is 12.3 Å². The molecular weight excluding hydrogens is 280 g/mol. The van der Waals surface area contributed by atoms with Crippen LogP contribution >= 0.6 is 0 Å². The third-order valence-corrected chi connectivity index (χ3v) is 4.15. The number of hydrogen-bond acceptors (Lipinski definition) is 2. The Morgan fingerprint density at radius 2 is 1.77 bits per heavy atom. The number of nitrogens with one attached hydrogen (secondary N) is 1. The molecule has 2 N–H and O–H groups in total. The van der Waals surface area contributed by atoms with E-state index < -0.39 is 5.97 Å². The number of aryl methyl sites for hydroxylation is 1. The van der Waals surface area contributed by atoms with Gasteiger partial charge in [-0.3, -0.25) is 9.59 Å². The van der Waals surface area contributed by atoms with Gasteiger partial charge in [-0.05, 0) is 57.6 Å². The average molecular weight is 308 g/mol. The fraction of sp³-hybridized carbons (Fsp3) is 0.647. The first-order valence-corrected chi connectivity index (χ1v) is 8.17. The Kier molecular flexibility index (Phi) is 7.15. The molecule has 0 saturated carbocycles. The van der Waals surface area contributed by atoms with Gasteiger partial charge >= 0.3 is 5.97 Å². The van der Waals surface area contributed by atoms with Crippen molar-refractivity contribution in [2.24, 2.45) is 0 Å². The van der Waals surface area contributed by atoms with E-state index in [1.54, 1.807) is 0 Å². The molecule has 1 aromatic rings. The molecule has 0 aliphatic heterocycles. The van der Waals surface area contributed by atoms with E-state index in [0.29, 0.717) is 25.2 Å². The molecule has 22 heavy (non-hydrogen) atoms. The minimum absolute atomic E-state index is 0.0500. The Morgan fingerprint density at radius 1 is 1.14 bits per heavy atom. The summed E-state index contributed by atoms with van der Waals surface area (Å²) in [7, 11) is 0. The Labute approximate surface area is 132 Å². The van der Waals surface area contributed by atoms with Gasteiger partial charge in [-0.2, -0.15) is 0 Å². The van der Waals surface area contributed by atoms with Crippen LogP contribution in [0.5, 0.6) is 0 Å². The second-order valence-electron chi connectivity index (χ2n) is 5.51. The number of carbonyl (C=O) groups excluding carboxylic acids is 1. The van der Waals surface area contributed by atoms with Crippen LogP contribution < -0.4 is 0 Å². The second kappa shape index (κ2) is 8.61. The van der Waals surface area contributed by atoms with E-state index in [0.717, 1.165) is 30.5 Å². The lowest BCUT2D eigenvalue weighted by Gasteiger charge is -2.18. The summed E-state index contributed by atoms with van der Waals surface area (Å²) in [6.45, 7) is 9.41. The number of hydrogen-bond donors (Lipinski definition) is 2. The summed E-state index contributed by atoms with van der Waals surface area (Å²) in [5.74, 6) is -0.701. The molecule has 0 aliphatic carbocycles. The SMILES string of the molecule is CCc1[nH]c(C(=O)N(CC)CC)c(C)c1CCCCC(=O)O. The molecule has 0 fully saturated rings. The van der Waals surface area contributed by atoms with Crippen LogP contribution in [-0.2, 0) is 17.6 Å². The molecule has 0 saturated heterocycles. The molecule has 0 bridgehead atoms. The predicted octanol–water partition coefficient (Wildman–Crippen LogP) is 3.16. The first kappa shape index (κ1) is 18.3. The van der Waals surface area contributed by atoms with E-state index in [1.165, 1.54) is 5.56 Å². The van der Waals surface area contributed by atoms with Crippen LogP contribution in [0.3, 0.4) is 0 Å². The molecule has 0 aliphatic rings. The Morgan fingerprint density at radius 3 is 2.27 bits per heavy atom. The summed E-state index contributed by atoms with van der Waals surface area (Å²) in [4.78, 5) is 28.2. The van der Waals surface area contributed by atoms with E-state index in [4.69, 9.17) is 5.11 Å². The van der Waals surface area contributed by atoms with Gasteiger partial charge < -0.3 is 15.0 Å². The van der Waals surface area contributed by atoms with Gasteiger partial charge in [0.1, 0.15) is 5.69 Å². The number of carboxylic acid groups (broad SMARTS) is 1. The molecule has 5 nitrogen and oxygen atoms in total. The zero-order chi connectivity index (χ0) is 16.7. The number of aromatic nitrogens is 1. The molecule has 1 heterocycles. The third kappa shape index (κ3) is 4.36. The summed E-state index contributed by atoms with van der Waals surface area (Å²) in [5.41, 5.74) is 3.99. The second-order valence-corrected chi connectivity index (χ2v) is 5.51. The summed E-state index contributed by atoms with van der Waals surface area (Å²) >= 11 is 0. The Hall–Kier alpha value is -1.78. The van der Waals surface area contributed by atoms with Crippen molar-refractivity contribution >= 4 is 11.9 Å². The van der Waals surface area contributed by atoms with Crippen LogP contribution in [0.25, 0.3) is 0 Å². The van der Waals surface area contributed by atoms with Gasteiger partial charge in [0.15, 0.2) is 0 Å². The van der Waals surface area contributed by atoms with Crippen LogP contribution in [-0.4, -0.2) is 40.0 Å². The molecule has 5 heteroatoms. The highest BCUT2D eigenvalue weighted by Crippen LogP contribution is 2.22. The summed E-state index contributed by atoms with van der Waals surface area (Å²) in [6, 6.07) is 0. The maximum atomic E-state index is 12.5. The fourth-order valence-corrected chi connectivity index (χ4v) is 2.80. The van der Waals surface area contributed by atoms with E-state index in [2.05, 4.69) is 11.9 Å². The number of carbonyl (C=O) groups is 2. The average Bonchev–Trinajstić information content (AvgIpc) is 2.81. The number of carboxylic acids is 1. The molecule has 124 valence electrons. The van der Waals surface area contributed by atoms with Crippen LogP contribution in [0, 0.1) is 6.92 Å². The van der Waals surface area contributed by atoms with Gasteiger partial charge in [0.25, 0.3) is 5.91 Å². The summed E-state index contributed by atoms with van der Waals surface area (Å²) < 4.78 is 0. The first-order chi connectivity index (χ1) is 10.5. The summed E-state index contributed by atoms with van der Waals surface area (Å²) in [6.07, 6.45) is 3.38. The molecule has 1 rings (SSSR count). The third-order valence-electron chi connectivity index (χ3n) is 4.15. The van der Waals surface area contributed by atoms with Crippen molar-refractivity contribution in [3.8, 4) is 0 Å². The number of nitrogens with zero attached hydrogens (tertiary/aromatic N) is 1. The van der Waals surface area contributed by atoms with Crippen molar-refractivity contribution in [2.75, 3.05) is 13.1 Å². The molecule has 1 aromatic heterocycles. The molecule has 0 radical (unpaired) electrons. The smallest absolute Gasteiger partial charge is 0.303 e. The van der Waals surface area contributed by atoms with Gasteiger partial charge in [0.2, 0.25) is 0 Å². The molecule has 1 amide bonds. The van der Waals surface area contributed by atoms with E-state index >= 15 is 0 Å². The minimum atomic E-state index is -0.751. The monoisotopic (exact) mass is 308 g/mol. The number of unbranched alkanes of at least 4 members (excludes halogenated alkanes) is 1. The fourth-order valence-electron chi connectivity index (χ4n) is 2.80. The molecule has 0 aromatic carbocycles. The van der Waals surface area contributed by atoms with Gasteiger partial charge in [0.05, 0.1) is 0 Å². The van der Waals surface area contributed by atoms with Crippen molar-refractivity contribution in [3.05, 3.63) is 22.5 Å². The lowest BCUT2D eigenvalue weighted by atomic mass is 10.0. The number of rotatable bonds is 9. The number of aromatic amines is 1. The maximum absolute atomic E-state index is 12.5. The molecule has 0 unspecified atom stereocenters. The summed E-state index contributed by atoms with van der Waals surface area (Å²) in [5, 5.41) is 8.70.